The van der Waals surface area contributed by atoms with Gasteiger partial charge in [-0.1, -0.05) is 25.6 Å². The van der Waals surface area contributed by atoms with Gasteiger partial charge >= 0.3 is 5.97 Å². The molecule has 1 aromatic rings. The van der Waals surface area contributed by atoms with Gasteiger partial charge in [-0.3, -0.25) is 4.79 Å². The van der Waals surface area contributed by atoms with Crippen LogP contribution in [0.25, 0.3) is 0 Å². The third-order valence-electron chi connectivity index (χ3n) is 2.69. The van der Waals surface area contributed by atoms with E-state index in [9.17, 15) is 4.79 Å². The van der Waals surface area contributed by atoms with Gasteiger partial charge in [0.05, 0.1) is 0 Å². The molecule has 1 unspecified atom stereocenters. The first-order valence-electron chi connectivity index (χ1n) is 5.54. The van der Waals surface area contributed by atoms with Crippen molar-refractivity contribution >= 4 is 17.7 Å². The van der Waals surface area contributed by atoms with E-state index in [0.29, 0.717) is 5.16 Å². The minimum Gasteiger partial charge on any atom is -0.480 e. The first-order chi connectivity index (χ1) is 7.82. The molecule has 4 nitrogen and oxygen atoms in total. The second kappa shape index (κ2) is 5.49. The third kappa shape index (κ3) is 3.43. The second-order valence-corrected chi connectivity index (χ2v) is 5.53. The van der Waals surface area contributed by atoms with Crippen molar-refractivity contribution in [1.29, 1.82) is 0 Å². The van der Waals surface area contributed by atoms with Gasteiger partial charge in [0.2, 0.25) is 0 Å². The number of rotatable bonds is 4. The Kier molecular flexibility index (Phi) is 4.51. The van der Waals surface area contributed by atoms with Gasteiger partial charge in [0.1, 0.15) is 5.25 Å². The Bertz CT molecular complexity index is 410. The van der Waals surface area contributed by atoms with Gasteiger partial charge in [-0.05, 0) is 32.3 Å². The zero-order valence-electron chi connectivity index (χ0n) is 10.8. The Labute approximate surface area is 106 Å². The molecule has 0 radical (unpaired) electrons. The summed E-state index contributed by atoms with van der Waals surface area (Å²) in [6.07, 6.45) is 0. The number of aliphatic carboxylic acids is 1. The molecule has 1 N–H and O–H groups in total. The molecule has 0 aliphatic carbocycles. The average Bonchev–Trinajstić information content (AvgIpc) is 2.21. The lowest BCUT2D eigenvalue weighted by atomic mass is 10.1. The Morgan fingerprint density at radius 2 is 1.65 bits per heavy atom. The zero-order valence-corrected chi connectivity index (χ0v) is 11.6. The number of nitrogens with zero attached hydrogens (tertiary/aromatic N) is 2. The first kappa shape index (κ1) is 14.0. The van der Waals surface area contributed by atoms with Gasteiger partial charge in [0.25, 0.3) is 0 Å². The van der Waals surface area contributed by atoms with Crippen LogP contribution in [-0.4, -0.2) is 26.3 Å². The summed E-state index contributed by atoms with van der Waals surface area (Å²) >= 11 is 1.22. The van der Waals surface area contributed by atoms with Crippen LogP contribution in [0.15, 0.2) is 5.16 Å². The van der Waals surface area contributed by atoms with Gasteiger partial charge < -0.3 is 5.11 Å². The van der Waals surface area contributed by atoms with E-state index >= 15 is 0 Å². The minimum absolute atomic E-state index is 0.0445. The highest BCUT2D eigenvalue weighted by Crippen LogP contribution is 2.26. The number of aryl methyl sites for hydroxylation is 2. The summed E-state index contributed by atoms with van der Waals surface area (Å²) in [5.74, 6) is -0.771. The molecule has 0 aliphatic heterocycles. The number of thioether (sulfide) groups is 1. The van der Waals surface area contributed by atoms with Crippen LogP contribution in [0.5, 0.6) is 0 Å². The Morgan fingerprint density at radius 1 is 1.18 bits per heavy atom. The number of carbonyl (C=O) groups is 1. The van der Waals surface area contributed by atoms with Crippen LogP contribution >= 0.6 is 11.8 Å². The molecule has 1 aromatic heterocycles. The fourth-order valence-corrected chi connectivity index (χ4v) is 2.36. The largest absolute Gasteiger partial charge is 0.480 e. The Balaban J connectivity index is 2.98. The third-order valence-corrected chi connectivity index (χ3v) is 4.09. The van der Waals surface area contributed by atoms with Crippen LogP contribution in [0, 0.1) is 26.7 Å². The number of carboxylic acid groups (broad SMARTS) is 1. The standard InChI is InChI=1S/C12H18N2O2S/c1-6(2)10(11(15)16)17-12-13-8(4)7(3)9(5)14-12/h6,10H,1-5H3,(H,15,16). The van der Waals surface area contributed by atoms with E-state index in [1.165, 1.54) is 11.8 Å². The maximum Gasteiger partial charge on any atom is 0.317 e. The topological polar surface area (TPSA) is 63.1 Å². The quantitative estimate of drug-likeness (QED) is 0.661. The van der Waals surface area contributed by atoms with Crippen molar-refractivity contribution in [2.24, 2.45) is 5.92 Å². The molecule has 0 aliphatic rings. The van der Waals surface area contributed by atoms with E-state index in [0.717, 1.165) is 17.0 Å². The molecule has 17 heavy (non-hydrogen) atoms. The molecule has 0 saturated carbocycles. The summed E-state index contributed by atoms with van der Waals surface area (Å²) in [5.41, 5.74) is 2.88. The zero-order chi connectivity index (χ0) is 13.2. The van der Waals surface area contributed by atoms with Crippen LogP contribution in [0.3, 0.4) is 0 Å². The van der Waals surface area contributed by atoms with Crippen LogP contribution in [0.1, 0.15) is 30.8 Å². The van der Waals surface area contributed by atoms with Crippen molar-refractivity contribution in [1.82, 2.24) is 9.97 Å². The summed E-state index contributed by atoms with van der Waals surface area (Å²) in [5, 5.41) is 9.17. The highest BCUT2D eigenvalue weighted by molar-refractivity contribution is 8.00. The average molecular weight is 254 g/mol. The molecule has 0 fully saturated rings. The highest BCUT2D eigenvalue weighted by Gasteiger charge is 2.24. The number of hydrogen-bond acceptors (Lipinski definition) is 4. The maximum atomic E-state index is 11.1. The van der Waals surface area contributed by atoms with Crippen molar-refractivity contribution in [3.05, 3.63) is 17.0 Å². The number of aromatic nitrogens is 2. The Hall–Kier alpha value is -1.10. The fraction of sp³-hybridized carbons (Fsp3) is 0.583. The van der Waals surface area contributed by atoms with Crippen molar-refractivity contribution in [2.75, 3.05) is 0 Å². The van der Waals surface area contributed by atoms with Gasteiger partial charge in [-0.25, -0.2) is 9.97 Å². The molecule has 1 atom stereocenters. The second-order valence-electron chi connectivity index (χ2n) is 4.42. The van der Waals surface area contributed by atoms with Crippen LogP contribution < -0.4 is 0 Å². The monoisotopic (exact) mass is 254 g/mol. The SMILES string of the molecule is Cc1nc(SC(C(=O)O)C(C)C)nc(C)c1C. The molecule has 1 heterocycles. The molecule has 1 rings (SSSR count). The van der Waals surface area contributed by atoms with E-state index in [2.05, 4.69) is 9.97 Å². The lowest BCUT2D eigenvalue weighted by Gasteiger charge is -2.15. The molecule has 5 heteroatoms. The molecule has 0 aromatic carbocycles. The summed E-state index contributed by atoms with van der Waals surface area (Å²) in [6, 6.07) is 0. The normalized spacial score (nSPS) is 12.8. The van der Waals surface area contributed by atoms with Gasteiger partial charge in [-0.2, -0.15) is 0 Å². The summed E-state index contributed by atoms with van der Waals surface area (Å²) in [6.45, 7) is 9.58. The summed E-state index contributed by atoms with van der Waals surface area (Å²) in [7, 11) is 0. The molecule has 94 valence electrons. The van der Waals surface area contributed by atoms with Gasteiger partial charge in [0, 0.05) is 11.4 Å². The van der Waals surface area contributed by atoms with Gasteiger partial charge in [-0.15, -0.1) is 0 Å². The van der Waals surface area contributed by atoms with E-state index in [1.807, 2.05) is 34.6 Å². The number of hydrogen-bond donors (Lipinski definition) is 1. The Morgan fingerprint density at radius 3 is 2.00 bits per heavy atom. The van der Waals surface area contributed by atoms with Crippen LogP contribution in [0.2, 0.25) is 0 Å². The maximum absolute atomic E-state index is 11.1. The smallest absolute Gasteiger partial charge is 0.317 e. The van der Waals surface area contributed by atoms with Crippen LogP contribution in [0.4, 0.5) is 0 Å². The van der Waals surface area contributed by atoms with E-state index in [1.54, 1.807) is 0 Å². The van der Waals surface area contributed by atoms with Crippen molar-refractivity contribution in [3.8, 4) is 0 Å². The highest BCUT2D eigenvalue weighted by atomic mass is 32.2. The van der Waals surface area contributed by atoms with Gasteiger partial charge in [0.15, 0.2) is 5.16 Å². The molecular formula is C12H18N2O2S. The number of carboxylic acids is 1. The predicted octanol–water partition coefficient (Wildman–Crippen LogP) is 2.60. The minimum atomic E-state index is -0.815. The molecule has 0 saturated heterocycles. The van der Waals surface area contributed by atoms with E-state index < -0.39 is 11.2 Å². The lowest BCUT2D eigenvalue weighted by Crippen LogP contribution is -2.23. The van der Waals surface area contributed by atoms with E-state index in [-0.39, 0.29) is 5.92 Å². The van der Waals surface area contributed by atoms with Crippen molar-refractivity contribution in [2.45, 2.75) is 45.0 Å². The molecule has 0 spiro atoms. The fourth-order valence-electron chi connectivity index (χ4n) is 1.38. The predicted molar refractivity (Wildman–Crippen MR) is 68.4 cm³/mol. The lowest BCUT2D eigenvalue weighted by molar-refractivity contribution is -0.137. The molecule has 0 bridgehead atoms. The van der Waals surface area contributed by atoms with E-state index in [4.69, 9.17) is 5.11 Å². The summed E-state index contributed by atoms with van der Waals surface area (Å²) in [4.78, 5) is 19.8. The first-order valence-corrected chi connectivity index (χ1v) is 6.42. The van der Waals surface area contributed by atoms with Crippen molar-refractivity contribution in [3.63, 3.8) is 0 Å². The molecular weight excluding hydrogens is 236 g/mol. The molecule has 0 amide bonds. The summed E-state index contributed by atoms with van der Waals surface area (Å²) < 4.78 is 0. The van der Waals surface area contributed by atoms with Crippen molar-refractivity contribution < 1.29 is 9.90 Å². The van der Waals surface area contributed by atoms with Crippen LogP contribution in [-0.2, 0) is 4.79 Å².